The number of aliphatic hydroxyl groups excluding tert-OH is 1. The molecule has 0 aromatic heterocycles. The standard InChI is InChI=1S/C15H22N2O2/c1-9-5-6-10(14(19)16-4)7-11(9)17-12-8-13(18)15(12,2)3/h5-7,12-13,17-18H,8H2,1-4H3,(H,16,19). The van der Waals surface area contributed by atoms with Crippen molar-refractivity contribution in [1.82, 2.24) is 5.32 Å². The van der Waals surface area contributed by atoms with Crippen LogP contribution >= 0.6 is 0 Å². The third-order valence-corrected chi connectivity index (χ3v) is 4.27. The zero-order chi connectivity index (χ0) is 14.2. The molecule has 1 aromatic carbocycles. The van der Waals surface area contributed by atoms with E-state index in [1.807, 2.05) is 25.1 Å². The van der Waals surface area contributed by atoms with E-state index in [1.165, 1.54) is 0 Å². The maximum absolute atomic E-state index is 11.6. The molecule has 3 N–H and O–H groups in total. The third kappa shape index (κ3) is 2.45. The molecule has 0 saturated heterocycles. The van der Waals surface area contributed by atoms with Crippen LogP contribution in [0, 0.1) is 12.3 Å². The Labute approximate surface area is 114 Å². The second-order valence-corrected chi connectivity index (χ2v) is 5.88. The van der Waals surface area contributed by atoms with Gasteiger partial charge in [-0.3, -0.25) is 4.79 Å². The lowest BCUT2D eigenvalue weighted by Crippen LogP contribution is -2.57. The Kier molecular flexibility index (Phi) is 3.54. The van der Waals surface area contributed by atoms with Crippen LogP contribution in [0.1, 0.15) is 36.2 Å². The Morgan fingerprint density at radius 1 is 1.42 bits per heavy atom. The Hall–Kier alpha value is -1.55. The van der Waals surface area contributed by atoms with Crippen LogP contribution in [-0.2, 0) is 0 Å². The van der Waals surface area contributed by atoms with E-state index >= 15 is 0 Å². The molecular weight excluding hydrogens is 240 g/mol. The summed E-state index contributed by atoms with van der Waals surface area (Å²) in [5.41, 5.74) is 2.58. The molecule has 1 aliphatic rings. The minimum Gasteiger partial charge on any atom is -0.392 e. The summed E-state index contributed by atoms with van der Waals surface area (Å²) in [4.78, 5) is 11.6. The largest absolute Gasteiger partial charge is 0.392 e. The van der Waals surface area contributed by atoms with Gasteiger partial charge < -0.3 is 15.7 Å². The van der Waals surface area contributed by atoms with Gasteiger partial charge in [0.15, 0.2) is 0 Å². The number of aliphatic hydroxyl groups is 1. The van der Waals surface area contributed by atoms with Gasteiger partial charge in [-0.05, 0) is 31.0 Å². The molecule has 4 heteroatoms. The molecule has 104 valence electrons. The Balaban J connectivity index is 2.19. The Bertz CT molecular complexity index is 497. The molecule has 0 aliphatic heterocycles. The highest BCUT2D eigenvalue weighted by molar-refractivity contribution is 5.95. The number of nitrogens with one attached hydrogen (secondary N) is 2. The van der Waals surface area contributed by atoms with Crippen LogP contribution < -0.4 is 10.6 Å². The summed E-state index contributed by atoms with van der Waals surface area (Å²) in [6, 6.07) is 5.87. The predicted octanol–water partition coefficient (Wildman–Crippen LogP) is 1.93. The highest BCUT2D eigenvalue weighted by Gasteiger charge is 2.47. The van der Waals surface area contributed by atoms with Gasteiger partial charge in [-0.2, -0.15) is 0 Å². The molecule has 0 bridgehead atoms. The van der Waals surface area contributed by atoms with Crippen molar-refractivity contribution in [2.24, 2.45) is 5.41 Å². The second-order valence-electron chi connectivity index (χ2n) is 5.88. The molecule has 2 unspecified atom stereocenters. The molecule has 1 amide bonds. The Morgan fingerprint density at radius 3 is 2.63 bits per heavy atom. The van der Waals surface area contributed by atoms with Crippen LogP contribution in [0.25, 0.3) is 0 Å². The number of amides is 1. The Morgan fingerprint density at radius 2 is 2.11 bits per heavy atom. The summed E-state index contributed by atoms with van der Waals surface area (Å²) in [7, 11) is 1.63. The van der Waals surface area contributed by atoms with E-state index in [2.05, 4.69) is 24.5 Å². The van der Waals surface area contributed by atoms with E-state index in [0.717, 1.165) is 17.7 Å². The molecule has 19 heavy (non-hydrogen) atoms. The number of benzene rings is 1. The van der Waals surface area contributed by atoms with Crippen molar-refractivity contribution in [2.75, 3.05) is 12.4 Å². The van der Waals surface area contributed by atoms with Gasteiger partial charge in [0, 0.05) is 29.8 Å². The summed E-state index contributed by atoms with van der Waals surface area (Å²) in [5, 5.41) is 15.8. The van der Waals surface area contributed by atoms with Crippen molar-refractivity contribution in [1.29, 1.82) is 0 Å². The summed E-state index contributed by atoms with van der Waals surface area (Å²) in [6.07, 6.45) is 0.490. The van der Waals surface area contributed by atoms with E-state index < -0.39 is 0 Å². The van der Waals surface area contributed by atoms with Gasteiger partial charge in [0.1, 0.15) is 0 Å². The zero-order valence-electron chi connectivity index (χ0n) is 11.9. The highest BCUT2D eigenvalue weighted by atomic mass is 16.3. The highest BCUT2D eigenvalue weighted by Crippen LogP contribution is 2.42. The monoisotopic (exact) mass is 262 g/mol. The maximum atomic E-state index is 11.6. The van der Waals surface area contributed by atoms with Crippen molar-refractivity contribution in [3.63, 3.8) is 0 Å². The van der Waals surface area contributed by atoms with E-state index in [0.29, 0.717) is 5.56 Å². The number of carbonyl (C=O) groups excluding carboxylic acids is 1. The first kappa shape index (κ1) is 13.9. The lowest BCUT2D eigenvalue weighted by Gasteiger charge is -2.50. The third-order valence-electron chi connectivity index (χ3n) is 4.27. The molecule has 1 aliphatic carbocycles. The molecular formula is C15H22N2O2. The zero-order valence-corrected chi connectivity index (χ0v) is 11.9. The fourth-order valence-corrected chi connectivity index (χ4v) is 2.40. The summed E-state index contributed by atoms with van der Waals surface area (Å²) >= 11 is 0. The van der Waals surface area contributed by atoms with E-state index in [-0.39, 0.29) is 23.5 Å². The van der Waals surface area contributed by atoms with Crippen molar-refractivity contribution in [3.05, 3.63) is 29.3 Å². The molecule has 2 rings (SSSR count). The molecule has 1 fully saturated rings. The van der Waals surface area contributed by atoms with Crippen molar-refractivity contribution >= 4 is 11.6 Å². The molecule has 1 saturated carbocycles. The van der Waals surface area contributed by atoms with Crippen LogP contribution in [0.2, 0.25) is 0 Å². The van der Waals surface area contributed by atoms with E-state index in [4.69, 9.17) is 0 Å². The number of rotatable bonds is 3. The number of aryl methyl sites for hydroxylation is 1. The van der Waals surface area contributed by atoms with Gasteiger partial charge in [-0.25, -0.2) is 0 Å². The van der Waals surface area contributed by atoms with Crippen LogP contribution in [0.3, 0.4) is 0 Å². The van der Waals surface area contributed by atoms with Crippen molar-refractivity contribution in [3.8, 4) is 0 Å². The summed E-state index contributed by atoms with van der Waals surface area (Å²) in [5.74, 6) is -0.0871. The fraction of sp³-hybridized carbons (Fsp3) is 0.533. The van der Waals surface area contributed by atoms with Crippen LogP contribution in [-0.4, -0.2) is 30.2 Å². The van der Waals surface area contributed by atoms with Crippen LogP contribution in [0.15, 0.2) is 18.2 Å². The van der Waals surface area contributed by atoms with Crippen molar-refractivity contribution < 1.29 is 9.90 Å². The summed E-state index contributed by atoms with van der Waals surface area (Å²) in [6.45, 7) is 6.12. The minimum atomic E-state index is -0.257. The number of anilines is 1. The first-order valence-electron chi connectivity index (χ1n) is 6.63. The van der Waals surface area contributed by atoms with E-state index in [9.17, 15) is 9.90 Å². The smallest absolute Gasteiger partial charge is 0.251 e. The molecule has 0 spiro atoms. The van der Waals surface area contributed by atoms with Crippen molar-refractivity contribution in [2.45, 2.75) is 39.3 Å². The van der Waals surface area contributed by atoms with Gasteiger partial charge in [-0.1, -0.05) is 19.9 Å². The molecule has 1 aromatic rings. The first-order valence-corrected chi connectivity index (χ1v) is 6.63. The summed E-state index contributed by atoms with van der Waals surface area (Å²) < 4.78 is 0. The van der Waals surface area contributed by atoms with Gasteiger partial charge >= 0.3 is 0 Å². The number of hydrogen-bond acceptors (Lipinski definition) is 3. The average Bonchev–Trinajstić information content (AvgIpc) is 2.39. The predicted molar refractivity (Wildman–Crippen MR) is 76.4 cm³/mol. The first-order chi connectivity index (χ1) is 8.86. The maximum Gasteiger partial charge on any atom is 0.251 e. The van der Waals surface area contributed by atoms with Gasteiger partial charge in [0.25, 0.3) is 5.91 Å². The van der Waals surface area contributed by atoms with Crippen LogP contribution in [0.5, 0.6) is 0 Å². The lowest BCUT2D eigenvalue weighted by molar-refractivity contribution is -0.0510. The number of hydrogen-bond donors (Lipinski definition) is 3. The second kappa shape index (κ2) is 4.85. The molecule has 0 heterocycles. The SMILES string of the molecule is CNC(=O)c1ccc(C)c(NC2CC(O)C2(C)C)c1. The van der Waals surface area contributed by atoms with E-state index in [1.54, 1.807) is 7.05 Å². The van der Waals surface area contributed by atoms with Gasteiger partial charge in [0.05, 0.1) is 6.10 Å². The average molecular weight is 262 g/mol. The van der Waals surface area contributed by atoms with Gasteiger partial charge in [-0.15, -0.1) is 0 Å². The topological polar surface area (TPSA) is 61.4 Å². The molecule has 4 nitrogen and oxygen atoms in total. The number of carbonyl (C=O) groups is 1. The quantitative estimate of drug-likeness (QED) is 0.780. The molecule has 2 atom stereocenters. The van der Waals surface area contributed by atoms with Crippen LogP contribution in [0.4, 0.5) is 5.69 Å². The lowest BCUT2D eigenvalue weighted by atomic mass is 9.64. The molecule has 0 radical (unpaired) electrons. The fourth-order valence-electron chi connectivity index (χ4n) is 2.40. The van der Waals surface area contributed by atoms with Gasteiger partial charge in [0.2, 0.25) is 0 Å². The minimum absolute atomic E-state index is 0.0871. The normalized spacial score (nSPS) is 24.5.